The zero-order chi connectivity index (χ0) is 15.1. The monoisotopic (exact) mass is 279 g/mol. The number of benzene rings is 1. The van der Waals surface area contributed by atoms with Gasteiger partial charge in [-0.05, 0) is 45.4 Å². The predicted molar refractivity (Wildman–Crippen MR) is 76.2 cm³/mol. The molecule has 5 heteroatoms. The molecule has 1 heterocycles. The lowest BCUT2D eigenvalue weighted by Crippen LogP contribution is -2.54. The van der Waals surface area contributed by atoms with Crippen LogP contribution in [0.5, 0.6) is 11.5 Å². The van der Waals surface area contributed by atoms with E-state index in [1.807, 2.05) is 13.8 Å². The molecule has 1 amide bonds. The van der Waals surface area contributed by atoms with E-state index in [9.17, 15) is 9.90 Å². The highest BCUT2D eigenvalue weighted by molar-refractivity contribution is 6.03. The van der Waals surface area contributed by atoms with Gasteiger partial charge in [-0.15, -0.1) is 0 Å². The predicted octanol–water partition coefficient (Wildman–Crippen LogP) is 2.10. The van der Waals surface area contributed by atoms with Gasteiger partial charge in [-0.25, -0.2) is 0 Å². The molecule has 0 saturated heterocycles. The van der Waals surface area contributed by atoms with Crippen LogP contribution in [0.15, 0.2) is 12.1 Å². The fraction of sp³-hybridized carbons (Fsp3) is 0.533. The van der Waals surface area contributed by atoms with Crippen molar-refractivity contribution in [3.63, 3.8) is 0 Å². The average molecular weight is 279 g/mol. The highest BCUT2D eigenvalue weighted by Gasteiger charge is 2.43. The van der Waals surface area contributed by atoms with Crippen LogP contribution in [0.25, 0.3) is 0 Å². The summed E-state index contributed by atoms with van der Waals surface area (Å²) in [6.07, 6.45) is 0. The van der Waals surface area contributed by atoms with Crippen molar-refractivity contribution in [2.45, 2.75) is 45.9 Å². The first kappa shape index (κ1) is 14.7. The van der Waals surface area contributed by atoms with Crippen molar-refractivity contribution in [1.29, 1.82) is 0 Å². The minimum atomic E-state index is -0.939. The zero-order valence-corrected chi connectivity index (χ0v) is 12.6. The Hall–Kier alpha value is -1.75. The van der Waals surface area contributed by atoms with Crippen molar-refractivity contribution in [3.8, 4) is 11.5 Å². The second-order valence-corrected chi connectivity index (χ2v) is 5.69. The van der Waals surface area contributed by atoms with Crippen molar-refractivity contribution in [2.75, 3.05) is 12.0 Å². The van der Waals surface area contributed by atoms with Gasteiger partial charge in [0.25, 0.3) is 5.91 Å². The van der Waals surface area contributed by atoms with Crippen LogP contribution < -0.4 is 14.4 Å². The van der Waals surface area contributed by atoms with Gasteiger partial charge in [0.1, 0.15) is 0 Å². The second kappa shape index (κ2) is 4.98. The number of methoxy groups -OCH3 is 1. The first-order valence-electron chi connectivity index (χ1n) is 6.66. The molecule has 0 bridgehead atoms. The van der Waals surface area contributed by atoms with E-state index in [0.717, 1.165) is 0 Å². The molecule has 0 aromatic heterocycles. The summed E-state index contributed by atoms with van der Waals surface area (Å²) in [4.78, 5) is 14.2. The largest absolute Gasteiger partial charge is 0.493 e. The smallest absolute Gasteiger partial charge is 0.270 e. The summed E-state index contributed by atoms with van der Waals surface area (Å²) in [5.41, 5.74) is 0.390. The molecule has 1 aromatic rings. The molecule has 0 fully saturated rings. The summed E-state index contributed by atoms with van der Waals surface area (Å²) in [6.45, 7) is 7.26. The maximum atomic E-state index is 12.5. The molecule has 1 aliphatic rings. The van der Waals surface area contributed by atoms with Crippen LogP contribution in [0.1, 0.15) is 33.3 Å². The number of aliphatic hydroxyl groups excluding tert-OH is 1. The number of fused-ring (bicyclic) bond motifs is 1. The highest BCUT2D eigenvalue weighted by atomic mass is 16.5. The number of amides is 1. The number of aliphatic hydroxyl groups is 1. The first-order valence-corrected chi connectivity index (χ1v) is 6.66. The molecule has 110 valence electrons. The van der Waals surface area contributed by atoms with Gasteiger partial charge in [-0.2, -0.15) is 0 Å². The molecule has 0 atom stereocenters. The lowest BCUT2D eigenvalue weighted by atomic mass is 10.0. The zero-order valence-electron chi connectivity index (χ0n) is 12.6. The summed E-state index contributed by atoms with van der Waals surface area (Å²) in [6, 6.07) is 3.48. The Morgan fingerprint density at radius 2 is 2.05 bits per heavy atom. The van der Waals surface area contributed by atoms with Crippen molar-refractivity contribution in [2.24, 2.45) is 0 Å². The van der Waals surface area contributed by atoms with Gasteiger partial charge < -0.3 is 19.5 Å². The standard InChI is InChI=1S/C15H21NO4/c1-9(2)16-11-6-10(8-17)7-12(19-5)13(11)20-15(3,4)14(16)18/h6-7,9,17H,8H2,1-5H3. The fourth-order valence-corrected chi connectivity index (χ4v) is 2.38. The molecule has 0 unspecified atom stereocenters. The van der Waals surface area contributed by atoms with E-state index in [4.69, 9.17) is 9.47 Å². The van der Waals surface area contributed by atoms with Gasteiger partial charge in [0.2, 0.25) is 0 Å². The quantitative estimate of drug-likeness (QED) is 0.920. The van der Waals surface area contributed by atoms with Crippen LogP contribution in [-0.2, 0) is 11.4 Å². The van der Waals surface area contributed by atoms with Gasteiger partial charge in [-0.3, -0.25) is 4.79 Å². The van der Waals surface area contributed by atoms with Gasteiger partial charge in [0, 0.05) is 6.04 Å². The van der Waals surface area contributed by atoms with Gasteiger partial charge in [0.05, 0.1) is 19.4 Å². The van der Waals surface area contributed by atoms with Crippen molar-refractivity contribution < 1.29 is 19.4 Å². The van der Waals surface area contributed by atoms with E-state index in [1.54, 1.807) is 38.0 Å². The number of ether oxygens (including phenoxy) is 2. The number of nitrogens with zero attached hydrogens (tertiary/aromatic N) is 1. The van der Waals surface area contributed by atoms with Crippen molar-refractivity contribution in [1.82, 2.24) is 0 Å². The third-order valence-corrected chi connectivity index (χ3v) is 3.36. The van der Waals surface area contributed by atoms with Gasteiger partial charge >= 0.3 is 0 Å². The molecule has 1 N–H and O–H groups in total. The maximum absolute atomic E-state index is 12.5. The Labute approximate surface area is 119 Å². The summed E-state index contributed by atoms with van der Waals surface area (Å²) in [5, 5.41) is 9.35. The van der Waals surface area contributed by atoms with E-state index in [2.05, 4.69) is 0 Å². The molecule has 0 radical (unpaired) electrons. The van der Waals surface area contributed by atoms with Crippen LogP contribution in [0.2, 0.25) is 0 Å². The number of carbonyl (C=O) groups is 1. The normalized spacial score (nSPS) is 16.9. The Bertz CT molecular complexity index is 537. The van der Waals surface area contributed by atoms with Gasteiger partial charge in [0.15, 0.2) is 17.1 Å². The Morgan fingerprint density at radius 3 is 2.55 bits per heavy atom. The third-order valence-electron chi connectivity index (χ3n) is 3.36. The topological polar surface area (TPSA) is 59.0 Å². The molecule has 1 aromatic carbocycles. The van der Waals surface area contributed by atoms with Gasteiger partial charge in [-0.1, -0.05) is 0 Å². The van der Waals surface area contributed by atoms with E-state index in [1.165, 1.54) is 0 Å². The Balaban J connectivity index is 2.68. The average Bonchev–Trinajstić information content (AvgIpc) is 2.38. The van der Waals surface area contributed by atoms with E-state index >= 15 is 0 Å². The molecular weight excluding hydrogens is 258 g/mol. The fourth-order valence-electron chi connectivity index (χ4n) is 2.38. The minimum absolute atomic E-state index is 0.0110. The second-order valence-electron chi connectivity index (χ2n) is 5.69. The van der Waals surface area contributed by atoms with Crippen LogP contribution >= 0.6 is 0 Å². The molecule has 20 heavy (non-hydrogen) atoms. The molecule has 0 saturated carbocycles. The number of rotatable bonds is 3. The number of hydrogen-bond acceptors (Lipinski definition) is 4. The first-order chi connectivity index (χ1) is 9.31. The van der Waals surface area contributed by atoms with Crippen LogP contribution in [0.4, 0.5) is 5.69 Å². The van der Waals surface area contributed by atoms with E-state index < -0.39 is 5.60 Å². The number of anilines is 1. The van der Waals surface area contributed by atoms with Crippen molar-refractivity contribution in [3.05, 3.63) is 17.7 Å². The van der Waals surface area contributed by atoms with Crippen LogP contribution in [-0.4, -0.2) is 29.8 Å². The lowest BCUT2D eigenvalue weighted by molar-refractivity contribution is -0.133. The minimum Gasteiger partial charge on any atom is -0.493 e. The Morgan fingerprint density at radius 1 is 1.40 bits per heavy atom. The van der Waals surface area contributed by atoms with E-state index in [0.29, 0.717) is 22.7 Å². The molecule has 1 aliphatic heterocycles. The van der Waals surface area contributed by atoms with E-state index in [-0.39, 0.29) is 18.6 Å². The number of hydrogen-bond donors (Lipinski definition) is 1. The molecule has 0 spiro atoms. The molecular formula is C15H21NO4. The van der Waals surface area contributed by atoms with Crippen LogP contribution in [0, 0.1) is 0 Å². The maximum Gasteiger partial charge on any atom is 0.270 e. The summed E-state index contributed by atoms with van der Waals surface area (Å²) >= 11 is 0. The molecule has 2 rings (SSSR count). The number of carbonyl (C=O) groups excluding carboxylic acids is 1. The third kappa shape index (κ3) is 2.22. The summed E-state index contributed by atoms with van der Waals surface area (Å²) in [7, 11) is 1.54. The highest BCUT2D eigenvalue weighted by Crippen LogP contribution is 2.45. The van der Waals surface area contributed by atoms with Crippen molar-refractivity contribution >= 4 is 11.6 Å². The summed E-state index contributed by atoms with van der Waals surface area (Å²) < 4.78 is 11.2. The molecule has 0 aliphatic carbocycles. The Kier molecular flexibility index (Phi) is 3.65. The SMILES string of the molecule is COc1cc(CO)cc2c1OC(C)(C)C(=O)N2C(C)C. The summed E-state index contributed by atoms with van der Waals surface area (Å²) in [5.74, 6) is 0.970. The molecule has 5 nitrogen and oxygen atoms in total. The lowest BCUT2D eigenvalue weighted by Gasteiger charge is -2.41. The van der Waals surface area contributed by atoms with Crippen LogP contribution in [0.3, 0.4) is 0 Å².